The van der Waals surface area contributed by atoms with E-state index in [0.717, 1.165) is 48.8 Å². The molecule has 8 atom stereocenters. The molecule has 0 heterocycles. The van der Waals surface area contributed by atoms with Crippen LogP contribution in [0, 0.1) is 45.8 Å². The minimum Gasteiger partial charge on any atom is -0.465 e. The summed E-state index contributed by atoms with van der Waals surface area (Å²) in [7, 11) is -2.15. The van der Waals surface area contributed by atoms with E-state index in [1.54, 1.807) is 0 Å². The molecule has 3 aliphatic rings. The molecule has 0 spiro atoms. The van der Waals surface area contributed by atoms with E-state index in [-0.39, 0.29) is 22.9 Å². The Morgan fingerprint density at radius 3 is 1.72 bits per heavy atom. The highest BCUT2D eigenvalue weighted by atomic mass is 28.4. The van der Waals surface area contributed by atoms with Crippen molar-refractivity contribution in [3.63, 3.8) is 0 Å². The van der Waals surface area contributed by atoms with E-state index < -0.39 is 19.3 Å². The normalized spacial score (nSPS) is 29.1. The van der Waals surface area contributed by atoms with Crippen molar-refractivity contribution in [3.05, 3.63) is 108 Å². The number of ether oxygens (including phenoxy) is 2. The number of carbonyl (C=O) groups excluding carboxylic acids is 1. The van der Waals surface area contributed by atoms with Crippen molar-refractivity contribution in [1.82, 2.24) is 0 Å². The van der Waals surface area contributed by atoms with Crippen LogP contribution in [0.1, 0.15) is 145 Å². The van der Waals surface area contributed by atoms with Gasteiger partial charge in [-0.3, -0.25) is 4.79 Å². The highest BCUT2D eigenvalue weighted by Gasteiger charge is 2.66. The fraction of sp³-hybridized carbons (Fsp3) is 0.642. The molecule has 0 unspecified atom stereocenters. The molecule has 4 nitrogen and oxygen atoms in total. The van der Waals surface area contributed by atoms with E-state index in [1.165, 1.54) is 12.8 Å². The van der Waals surface area contributed by atoms with Gasteiger partial charge >= 0.3 is 5.97 Å². The molecule has 3 fully saturated rings. The van der Waals surface area contributed by atoms with E-state index in [4.69, 9.17) is 13.9 Å². The highest BCUT2D eigenvalue weighted by Crippen LogP contribution is 2.70. The molecule has 5 heteroatoms. The van der Waals surface area contributed by atoms with Gasteiger partial charge in [-0.05, 0) is 133 Å². The highest BCUT2D eigenvalue weighted by molar-refractivity contribution is 6.77. The maximum absolute atomic E-state index is 13.1. The van der Waals surface area contributed by atoms with Crippen molar-refractivity contribution in [2.45, 2.75) is 156 Å². The van der Waals surface area contributed by atoms with Gasteiger partial charge in [0.05, 0.1) is 18.1 Å². The monoisotopic (exact) mass is 807 g/mol. The number of hydrogen-bond donors (Lipinski definition) is 0. The van der Waals surface area contributed by atoms with Crippen LogP contribution < -0.4 is 0 Å². The lowest BCUT2D eigenvalue weighted by molar-refractivity contribution is -0.169. The van der Waals surface area contributed by atoms with E-state index >= 15 is 0 Å². The molecule has 0 bridgehead atoms. The molecule has 0 radical (unpaired) electrons. The lowest BCUT2D eigenvalue weighted by Crippen LogP contribution is -2.62. The Hall–Kier alpha value is -2.73. The van der Waals surface area contributed by atoms with Crippen molar-refractivity contribution in [3.8, 4) is 0 Å². The molecule has 3 aromatic carbocycles. The van der Waals surface area contributed by atoms with E-state index in [2.05, 4.69) is 153 Å². The number of carbonyl (C=O) groups is 1. The third-order valence-corrected chi connectivity index (χ3v) is 22.2. The first-order chi connectivity index (χ1) is 27.4. The molecule has 3 aliphatic carbocycles. The standard InChI is InChI=1S/C53H78O4Si/c1-37(2)58(38(3)4,39(5)6)57-48-34-45-31-30-40(7)46(52(45,12)47-33-41(35-51(47,48)11)36-55-49(54)50(8,9)10)29-22-32-56-53(42-23-16-13-17-24-42,43-25-18-14-19-26-43)44-27-20-15-21-28-44/h13-21,23-28,37-41,45-48H,22,29-36H2,1-12H3/t40-,41-,45+,46+,47+,48+,51-,52+/m0/s1. The molecule has 0 aromatic heterocycles. The van der Waals surface area contributed by atoms with Crippen LogP contribution in [0.2, 0.25) is 16.6 Å². The maximum atomic E-state index is 13.1. The summed E-state index contributed by atoms with van der Waals surface area (Å²) >= 11 is 0. The minimum atomic E-state index is -2.15. The van der Waals surface area contributed by atoms with Crippen LogP contribution in [-0.2, 0) is 24.3 Å². The topological polar surface area (TPSA) is 44.8 Å². The maximum Gasteiger partial charge on any atom is 0.311 e. The van der Waals surface area contributed by atoms with Crippen LogP contribution in [0.5, 0.6) is 0 Å². The zero-order valence-corrected chi connectivity index (χ0v) is 39.4. The molecule has 318 valence electrons. The predicted octanol–water partition coefficient (Wildman–Crippen LogP) is 14.0. The second-order valence-electron chi connectivity index (χ2n) is 21.4. The summed E-state index contributed by atoms with van der Waals surface area (Å²) in [6, 6.07) is 32.4. The second kappa shape index (κ2) is 17.7. The van der Waals surface area contributed by atoms with Crippen LogP contribution in [0.25, 0.3) is 0 Å². The van der Waals surface area contributed by atoms with Gasteiger partial charge in [0.2, 0.25) is 8.32 Å². The Morgan fingerprint density at radius 2 is 1.26 bits per heavy atom. The van der Waals surface area contributed by atoms with Gasteiger partial charge in [0.25, 0.3) is 0 Å². The van der Waals surface area contributed by atoms with Gasteiger partial charge in [-0.1, -0.05) is 160 Å². The smallest absolute Gasteiger partial charge is 0.311 e. The molecule has 6 rings (SSSR count). The molecular weight excluding hydrogens is 729 g/mol. The van der Waals surface area contributed by atoms with Gasteiger partial charge < -0.3 is 13.9 Å². The largest absolute Gasteiger partial charge is 0.465 e. The zero-order chi connectivity index (χ0) is 42.1. The average molecular weight is 807 g/mol. The van der Waals surface area contributed by atoms with E-state index in [9.17, 15) is 4.79 Å². The third kappa shape index (κ3) is 8.19. The Morgan fingerprint density at radius 1 is 0.759 bits per heavy atom. The van der Waals surface area contributed by atoms with Crippen molar-refractivity contribution in [2.75, 3.05) is 13.2 Å². The summed E-state index contributed by atoms with van der Waals surface area (Å²) in [5.74, 6) is 2.60. The fourth-order valence-electron chi connectivity index (χ4n) is 13.4. The van der Waals surface area contributed by atoms with Crippen LogP contribution in [0.4, 0.5) is 0 Å². The summed E-state index contributed by atoms with van der Waals surface area (Å²) < 4.78 is 21.4. The summed E-state index contributed by atoms with van der Waals surface area (Å²) in [6.07, 6.45) is 8.27. The lowest BCUT2D eigenvalue weighted by atomic mass is 9.43. The molecule has 3 saturated carbocycles. The molecule has 0 amide bonds. The Bertz CT molecular complexity index is 1650. The lowest BCUT2D eigenvalue weighted by Gasteiger charge is -2.64. The quantitative estimate of drug-likeness (QED) is 0.0664. The van der Waals surface area contributed by atoms with Crippen LogP contribution in [-0.4, -0.2) is 33.6 Å². The van der Waals surface area contributed by atoms with Gasteiger partial charge in [-0.15, -0.1) is 0 Å². The van der Waals surface area contributed by atoms with Crippen molar-refractivity contribution in [1.29, 1.82) is 0 Å². The van der Waals surface area contributed by atoms with Crippen LogP contribution in [0.15, 0.2) is 91.0 Å². The van der Waals surface area contributed by atoms with Gasteiger partial charge in [-0.2, -0.15) is 0 Å². The molecule has 0 saturated heterocycles. The van der Waals surface area contributed by atoms with Gasteiger partial charge in [0.15, 0.2) is 0 Å². The Labute approximate surface area is 354 Å². The van der Waals surface area contributed by atoms with Crippen molar-refractivity contribution in [2.24, 2.45) is 45.8 Å². The average Bonchev–Trinajstić information content (AvgIpc) is 3.55. The summed E-state index contributed by atoms with van der Waals surface area (Å²) in [5, 5.41) is 0. The van der Waals surface area contributed by atoms with E-state index in [1.807, 2.05) is 20.8 Å². The van der Waals surface area contributed by atoms with Gasteiger partial charge in [-0.25, -0.2) is 0 Å². The van der Waals surface area contributed by atoms with Gasteiger partial charge in [0, 0.05) is 6.61 Å². The minimum absolute atomic E-state index is 0.0237. The molecule has 0 N–H and O–H groups in total. The zero-order valence-electron chi connectivity index (χ0n) is 38.4. The summed E-state index contributed by atoms with van der Waals surface area (Å²) in [4.78, 5) is 13.1. The summed E-state index contributed by atoms with van der Waals surface area (Å²) in [5.41, 5.74) is 4.10. The van der Waals surface area contributed by atoms with E-state index in [0.29, 0.717) is 59.4 Å². The molecule has 3 aromatic rings. The molecule has 0 aliphatic heterocycles. The fourth-order valence-corrected chi connectivity index (χ4v) is 19.0. The molecule has 58 heavy (non-hydrogen) atoms. The first kappa shape index (κ1) is 44.8. The third-order valence-electron chi connectivity index (χ3n) is 16.0. The molecular formula is C53H78O4Si. The number of fused-ring (bicyclic) bond motifs is 3. The second-order valence-corrected chi connectivity index (χ2v) is 26.8. The van der Waals surface area contributed by atoms with Crippen LogP contribution in [0.3, 0.4) is 0 Å². The summed E-state index contributed by atoms with van der Waals surface area (Å²) in [6.45, 7) is 29.5. The van der Waals surface area contributed by atoms with Crippen molar-refractivity contribution >= 4 is 14.3 Å². The Kier molecular flexibility index (Phi) is 13.7. The first-order valence-corrected chi connectivity index (χ1v) is 25.2. The number of rotatable bonds is 15. The number of esters is 1. The number of hydrogen-bond acceptors (Lipinski definition) is 4. The van der Waals surface area contributed by atoms with Gasteiger partial charge in [0.1, 0.15) is 5.60 Å². The first-order valence-electron chi connectivity index (χ1n) is 23.1. The Balaban J connectivity index is 1.32. The van der Waals surface area contributed by atoms with Crippen LogP contribution >= 0.6 is 0 Å². The number of benzene rings is 3. The van der Waals surface area contributed by atoms with Crippen molar-refractivity contribution < 1.29 is 18.7 Å². The predicted molar refractivity (Wildman–Crippen MR) is 243 cm³/mol. The SMILES string of the molecule is CC(C)[Si](O[C@@H]1C[C@H]2CC[C@H](C)[C@@H](CCCOC(c3ccccc3)(c3ccccc3)c3ccccc3)[C@]2(C)[C@@H]2C[C@H](COC(=O)C(C)(C)C)C[C@@]21C)(C(C)C)C(C)C.